The fraction of sp³-hybridized carbons (Fsp3) is 0.160. The maximum atomic E-state index is 13.1. The normalized spacial score (nSPS) is 18.6. The summed E-state index contributed by atoms with van der Waals surface area (Å²) in [5, 5.41) is 0. The van der Waals surface area contributed by atoms with Gasteiger partial charge in [0.2, 0.25) is 5.91 Å². The van der Waals surface area contributed by atoms with E-state index in [9.17, 15) is 13.2 Å². The number of carbonyl (C=O) groups is 1. The predicted molar refractivity (Wildman–Crippen MR) is 122 cm³/mol. The molecule has 6 heteroatoms. The summed E-state index contributed by atoms with van der Waals surface area (Å²) in [4.78, 5) is 13.7. The maximum Gasteiger partial charge on any atom is 0.248 e. The number of primary amides is 1. The van der Waals surface area contributed by atoms with Crippen LogP contribution in [0.1, 0.15) is 33.1 Å². The second-order valence-corrected chi connectivity index (χ2v) is 10.1. The number of hydrogen-bond donors (Lipinski definition) is 1. The number of rotatable bonds is 6. The van der Waals surface area contributed by atoms with E-state index in [4.69, 9.17) is 5.73 Å². The van der Waals surface area contributed by atoms with E-state index in [1.54, 1.807) is 24.3 Å². The molecule has 1 unspecified atom stereocenters. The van der Waals surface area contributed by atoms with Gasteiger partial charge in [0.05, 0.1) is 6.04 Å². The molecule has 0 aromatic heterocycles. The zero-order valence-corrected chi connectivity index (χ0v) is 18.0. The third kappa shape index (κ3) is 3.43. The Morgan fingerprint density at radius 2 is 1.52 bits per heavy atom. The number of benzene rings is 3. The highest BCUT2D eigenvalue weighted by molar-refractivity contribution is 7.92. The second kappa shape index (κ2) is 7.71. The molecule has 3 aromatic rings. The molecule has 0 radical (unpaired) electrons. The molecule has 0 aliphatic carbocycles. The molecule has 1 fully saturated rings. The minimum atomic E-state index is -3.60. The van der Waals surface area contributed by atoms with E-state index in [1.165, 1.54) is 6.26 Å². The van der Waals surface area contributed by atoms with Gasteiger partial charge >= 0.3 is 0 Å². The van der Waals surface area contributed by atoms with Gasteiger partial charge in [-0.15, -0.1) is 0 Å². The summed E-state index contributed by atoms with van der Waals surface area (Å²) in [5.74, 6) is -0.598. The van der Waals surface area contributed by atoms with Crippen LogP contribution < -0.4 is 5.73 Å². The summed E-state index contributed by atoms with van der Waals surface area (Å²) in [5.41, 5.74) is 8.78. The third-order valence-corrected chi connectivity index (χ3v) is 7.86. The Kier molecular flexibility index (Phi) is 5.19. The number of amides is 1. The van der Waals surface area contributed by atoms with Crippen LogP contribution in [0.3, 0.4) is 0 Å². The van der Waals surface area contributed by atoms with Crippen molar-refractivity contribution in [1.29, 1.82) is 0 Å². The van der Waals surface area contributed by atoms with Crippen molar-refractivity contribution in [2.45, 2.75) is 10.8 Å². The number of nitrogens with zero attached hydrogens (tertiary/aromatic N) is 1. The van der Waals surface area contributed by atoms with Crippen LogP contribution in [0.2, 0.25) is 0 Å². The van der Waals surface area contributed by atoms with Crippen LogP contribution in [-0.4, -0.2) is 32.0 Å². The molecule has 1 saturated heterocycles. The molecule has 0 bridgehead atoms. The molecular weight excluding hydrogens is 408 g/mol. The summed E-state index contributed by atoms with van der Waals surface area (Å²) < 4.78 is 24.8. The van der Waals surface area contributed by atoms with Gasteiger partial charge in [0.25, 0.3) is 0 Å². The molecule has 0 spiro atoms. The molecule has 4 rings (SSSR count). The lowest BCUT2D eigenvalue weighted by atomic mass is 9.82. The number of nitrogens with two attached hydrogens (primary N) is 1. The number of likely N-dealkylation sites (tertiary alicyclic amines) is 1. The number of carbonyl (C=O) groups excluding carboxylic acids is 1. The Bertz CT molecular complexity index is 1200. The van der Waals surface area contributed by atoms with Gasteiger partial charge in [-0.2, -0.15) is 0 Å². The Labute approximate surface area is 182 Å². The molecule has 5 nitrogen and oxygen atoms in total. The average Bonchev–Trinajstić information content (AvgIpc) is 2.76. The van der Waals surface area contributed by atoms with Crippen LogP contribution in [0.25, 0.3) is 0 Å². The fourth-order valence-electron chi connectivity index (χ4n) is 4.36. The highest BCUT2D eigenvalue weighted by Crippen LogP contribution is 2.52. The number of hydrogen-bond acceptors (Lipinski definition) is 4. The minimum absolute atomic E-state index is 0.177. The Morgan fingerprint density at radius 3 is 1.97 bits per heavy atom. The van der Waals surface area contributed by atoms with Crippen molar-refractivity contribution in [3.8, 4) is 0 Å². The van der Waals surface area contributed by atoms with Gasteiger partial charge in [-0.05, 0) is 28.8 Å². The summed E-state index contributed by atoms with van der Waals surface area (Å²) in [6, 6.07) is 26.2. The zero-order valence-electron chi connectivity index (χ0n) is 17.2. The molecule has 2 N–H and O–H groups in total. The van der Waals surface area contributed by atoms with Crippen LogP contribution >= 0.6 is 0 Å². The molecule has 1 heterocycles. The smallest absolute Gasteiger partial charge is 0.248 e. The van der Waals surface area contributed by atoms with Crippen LogP contribution in [0.5, 0.6) is 0 Å². The SMILES string of the molecule is C=C1N(C(c2ccccc2)c2ccccc2)CC1(c1cccc(C(N)=O)c1)S(C)(=O)=O. The van der Waals surface area contributed by atoms with E-state index in [0.717, 1.165) is 11.1 Å². The highest BCUT2D eigenvalue weighted by atomic mass is 32.2. The van der Waals surface area contributed by atoms with Gasteiger partial charge < -0.3 is 10.6 Å². The lowest BCUT2D eigenvalue weighted by molar-refractivity contribution is 0.0999. The van der Waals surface area contributed by atoms with Crippen molar-refractivity contribution in [2.24, 2.45) is 5.73 Å². The van der Waals surface area contributed by atoms with Crippen molar-refractivity contribution >= 4 is 15.7 Å². The van der Waals surface area contributed by atoms with Gasteiger partial charge in [-0.3, -0.25) is 4.79 Å². The molecule has 1 amide bonds. The lowest BCUT2D eigenvalue weighted by Gasteiger charge is -2.55. The summed E-state index contributed by atoms with van der Waals surface area (Å²) in [7, 11) is -3.60. The molecule has 31 heavy (non-hydrogen) atoms. The molecular formula is C25H24N2O3S. The van der Waals surface area contributed by atoms with Crippen LogP contribution in [0.4, 0.5) is 0 Å². The quantitative estimate of drug-likeness (QED) is 0.645. The molecule has 0 saturated carbocycles. The molecule has 158 valence electrons. The molecule has 3 aromatic carbocycles. The highest BCUT2D eigenvalue weighted by Gasteiger charge is 2.57. The van der Waals surface area contributed by atoms with Crippen molar-refractivity contribution in [3.63, 3.8) is 0 Å². The topological polar surface area (TPSA) is 80.5 Å². The predicted octanol–water partition coefficient (Wildman–Crippen LogP) is 3.64. The van der Waals surface area contributed by atoms with E-state index < -0.39 is 20.5 Å². The molecule has 1 atom stereocenters. The summed E-state index contributed by atoms with van der Waals surface area (Å²) >= 11 is 0. The Balaban J connectivity index is 1.81. The lowest BCUT2D eigenvalue weighted by Crippen LogP contribution is -2.61. The second-order valence-electron chi connectivity index (χ2n) is 7.84. The standard InChI is InChI=1S/C25H24N2O3S/c1-18-25(31(2,29)30,22-15-9-14-21(16-22)24(26)28)17-27(18)23(19-10-5-3-6-11-19)20-12-7-4-8-13-20/h3-16,23H,1,17H2,2H3,(H2,26,28). The van der Waals surface area contributed by atoms with E-state index >= 15 is 0 Å². The zero-order chi connectivity index (χ0) is 22.2. The molecule has 1 aliphatic rings. The van der Waals surface area contributed by atoms with Crippen LogP contribution in [-0.2, 0) is 14.6 Å². The average molecular weight is 433 g/mol. The first-order chi connectivity index (χ1) is 14.8. The van der Waals surface area contributed by atoms with Crippen LogP contribution in [0, 0.1) is 0 Å². The summed E-state index contributed by atoms with van der Waals surface area (Å²) in [6.07, 6.45) is 1.21. The van der Waals surface area contributed by atoms with Crippen molar-refractivity contribution in [3.05, 3.63) is 119 Å². The van der Waals surface area contributed by atoms with Gasteiger partial charge in [0, 0.05) is 24.1 Å². The van der Waals surface area contributed by atoms with Gasteiger partial charge in [0.15, 0.2) is 14.6 Å². The first kappa shape index (κ1) is 20.9. The Hall–Kier alpha value is -3.38. The molecule has 1 aliphatic heterocycles. The van der Waals surface area contributed by atoms with E-state index in [1.807, 2.05) is 65.6 Å². The van der Waals surface area contributed by atoms with Crippen molar-refractivity contribution in [2.75, 3.05) is 12.8 Å². The van der Waals surface area contributed by atoms with Gasteiger partial charge in [0.1, 0.15) is 0 Å². The fourth-order valence-corrected chi connectivity index (χ4v) is 5.84. The van der Waals surface area contributed by atoms with Gasteiger partial charge in [-0.1, -0.05) is 79.4 Å². The summed E-state index contributed by atoms with van der Waals surface area (Å²) in [6.45, 7) is 4.44. The van der Waals surface area contributed by atoms with Crippen molar-refractivity contribution in [1.82, 2.24) is 4.90 Å². The maximum absolute atomic E-state index is 13.1. The van der Waals surface area contributed by atoms with E-state index in [-0.39, 0.29) is 18.2 Å². The Morgan fingerprint density at radius 1 is 0.968 bits per heavy atom. The van der Waals surface area contributed by atoms with E-state index in [0.29, 0.717) is 11.3 Å². The van der Waals surface area contributed by atoms with E-state index in [2.05, 4.69) is 6.58 Å². The minimum Gasteiger partial charge on any atom is -0.366 e. The van der Waals surface area contributed by atoms with Gasteiger partial charge in [-0.25, -0.2) is 8.42 Å². The third-order valence-electron chi connectivity index (χ3n) is 5.99. The van der Waals surface area contributed by atoms with Crippen molar-refractivity contribution < 1.29 is 13.2 Å². The van der Waals surface area contributed by atoms with Crippen LogP contribution in [0.15, 0.2) is 97.2 Å². The first-order valence-corrected chi connectivity index (χ1v) is 11.8. The largest absolute Gasteiger partial charge is 0.366 e. The first-order valence-electron chi connectivity index (χ1n) is 9.91. The number of sulfone groups is 1. The monoisotopic (exact) mass is 432 g/mol.